The third-order valence-corrected chi connectivity index (χ3v) is 4.31. The first-order valence-corrected chi connectivity index (χ1v) is 8.40. The average molecular weight is 339 g/mol. The molecule has 25 heavy (non-hydrogen) atoms. The second-order valence-corrected chi connectivity index (χ2v) is 6.02. The van der Waals surface area contributed by atoms with Crippen LogP contribution < -0.4 is 10.6 Å². The fourth-order valence-corrected chi connectivity index (χ4v) is 2.59. The van der Waals surface area contributed by atoms with E-state index in [1.54, 1.807) is 11.8 Å². The van der Waals surface area contributed by atoms with Crippen LogP contribution >= 0.6 is 0 Å². The second-order valence-electron chi connectivity index (χ2n) is 6.02. The third-order valence-electron chi connectivity index (χ3n) is 4.31. The van der Waals surface area contributed by atoms with Crippen molar-refractivity contribution < 1.29 is 9.59 Å². The Balaban J connectivity index is 2.13. The fraction of sp³-hybridized carbons (Fsp3) is 0.300. The Labute approximate surface area is 149 Å². The molecule has 0 fully saturated rings. The highest BCUT2D eigenvalue weighted by Gasteiger charge is 2.12. The molecular formula is C20H25N3O2. The maximum absolute atomic E-state index is 12.4. The molecule has 5 nitrogen and oxygen atoms in total. The minimum Gasteiger partial charge on any atom is -0.339 e. The summed E-state index contributed by atoms with van der Waals surface area (Å²) in [6, 6.07) is 13.0. The average Bonchev–Trinajstić information content (AvgIpc) is 2.58. The Morgan fingerprint density at radius 3 is 2.28 bits per heavy atom. The van der Waals surface area contributed by atoms with E-state index in [1.807, 2.05) is 63.2 Å². The molecule has 0 radical (unpaired) electrons. The van der Waals surface area contributed by atoms with Gasteiger partial charge in [-0.25, -0.2) is 4.79 Å². The SMILES string of the molecule is CCN(Cc1ccccc1NC(=O)Nc1cccc(C)c1C)C(C)=O. The van der Waals surface area contributed by atoms with Gasteiger partial charge in [0.1, 0.15) is 0 Å². The lowest BCUT2D eigenvalue weighted by Gasteiger charge is -2.21. The molecule has 0 bridgehead atoms. The van der Waals surface area contributed by atoms with Gasteiger partial charge in [-0.05, 0) is 49.6 Å². The number of aryl methyl sites for hydroxylation is 1. The molecule has 2 aromatic carbocycles. The lowest BCUT2D eigenvalue weighted by molar-refractivity contribution is -0.129. The molecular weight excluding hydrogens is 314 g/mol. The minimum absolute atomic E-state index is 0.0112. The normalized spacial score (nSPS) is 10.2. The monoisotopic (exact) mass is 339 g/mol. The number of anilines is 2. The molecule has 2 aromatic rings. The summed E-state index contributed by atoms with van der Waals surface area (Å²) >= 11 is 0. The van der Waals surface area contributed by atoms with Gasteiger partial charge in [0.15, 0.2) is 0 Å². The summed E-state index contributed by atoms with van der Waals surface area (Å²) in [4.78, 5) is 25.8. The molecule has 3 amide bonds. The summed E-state index contributed by atoms with van der Waals surface area (Å²) in [5.41, 5.74) is 4.55. The van der Waals surface area contributed by atoms with Crippen LogP contribution in [-0.4, -0.2) is 23.4 Å². The van der Waals surface area contributed by atoms with Crippen molar-refractivity contribution in [1.29, 1.82) is 0 Å². The van der Waals surface area contributed by atoms with Crippen molar-refractivity contribution in [2.45, 2.75) is 34.2 Å². The topological polar surface area (TPSA) is 61.4 Å². The summed E-state index contributed by atoms with van der Waals surface area (Å²) in [5.74, 6) is 0.0112. The standard InChI is InChI=1S/C20H25N3O2/c1-5-23(16(4)24)13-17-10-6-7-11-19(17)22-20(25)21-18-12-8-9-14(2)15(18)3/h6-12H,5,13H2,1-4H3,(H2,21,22,25). The molecule has 0 saturated carbocycles. The van der Waals surface area contributed by atoms with E-state index in [4.69, 9.17) is 0 Å². The van der Waals surface area contributed by atoms with Crippen molar-refractivity contribution in [1.82, 2.24) is 4.90 Å². The Bertz CT molecular complexity index is 771. The molecule has 0 aliphatic carbocycles. The number of nitrogens with zero attached hydrogens (tertiary/aromatic N) is 1. The molecule has 2 rings (SSSR count). The molecule has 132 valence electrons. The molecule has 5 heteroatoms. The highest BCUT2D eigenvalue weighted by molar-refractivity contribution is 6.00. The number of rotatable bonds is 5. The van der Waals surface area contributed by atoms with E-state index >= 15 is 0 Å². The number of urea groups is 1. The van der Waals surface area contributed by atoms with Crippen LogP contribution in [-0.2, 0) is 11.3 Å². The van der Waals surface area contributed by atoms with Gasteiger partial charge < -0.3 is 15.5 Å². The lowest BCUT2D eigenvalue weighted by Crippen LogP contribution is -2.28. The maximum Gasteiger partial charge on any atom is 0.323 e. The van der Waals surface area contributed by atoms with Crippen molar-refractivity contribution >= 4 is 23.3 Å². The molecule has 0 aliphatic heterocycles. The fourth-order valence-electron chi connectivity index (χ4n) is 2.59. The maximum atomic E-state index is 12.4. The first-order valence-electron chi connectivity index (χ1n) is 8.40. The van der Waals surface area contributed by atoms with Crippen LogP contribution in [0.2, 0.25) is 0 Å². The highest BCUT2D eigenvalue weighted by atomic mass is 16.2. The summed E-state index contributed by atoms with van der Waals surface area (Å²) in [6.45, 7) is 8.56. The van der Waals surface area contributed by atoms with Gasteiger partial charge in [-0.15, -0.1) is 0 Å². The zero-order valence-electron chi connectivity index (χ0n) is 15.2. The number of carbonyl (C=O) groups is 2. The first-order chi connectivity index (χ1) is 11.9. The van der Waals surface area contributed by atoms with Gasteiger partial charge in [0, 0.05) is 31.4 Å². The summed E-state index contributed by atoms with van der Waals surface area (Å²) in [6.07, 6.45) is 0. The van der Waals surface area contributed by atoms with Gasteiger partial charge in [-0.2, -0.15) is 0 Å². The van der Waals surface area contributed by atoms with E-state index in [0.29, 0.717) is 18.8 Å². The quantitative estimate of drug-likeness (QED) is 0.852. The number of nitrogens with one attached hydrogen (secondary N) is 2. The predicted molar refractivity (Wildman–Crippen MR) is 102 cm³/mol. The van der Waals surface area contributed by atoms with Crippen molar-refractivity contribution in [3.05, 3.63) is 59.2 Å². The minimum atomic E-state index is -0.299. The molecule has 0 heterocycles. The van der Waals surface area contributed by atoms with Gasteiger partial charge in [0.05, 0.1) is 0 Å². The van der Waals surface area contributed by atoms with E-state index in [9.17, 15) is 9.59 Å². The summed E-state index contributed by atoms with van der Waals surface area (Å²) < 4.78 is 0. The van der Waals surface area contributed by atoms with Gasteiger partial charge in [-0.3, -0.25) is 4.79 Å². The zero-order chi connectivity index (χ0) is 18.4. The van der Waals surface area contributed by atoms with E-state index in [0.717, 1.165) is 22.4 Å². The smallest absolute Gasteiger partial charge is 0.323 e. The molecule has 0 unspecified atom stereocenters. The van der Waals surface area contributed by atoms with Gasteiger partial charge in [0.2, 0.25) is 5.91 Å². The van der Waals surface area contributed by atoms with Crippen LogP contribution in [0.4, 0.5) is 16.2 Å². The lowest BCUT2D eigenvalue weighted by atomic mass is 10.1. The van der Waals surface area contributed by atoms with E-state index in [-0.39, 0.29) is 11.9 Å². The third kappa shape index (κ3) is 4.83. The van der Waals surface area contributed by atoms with Crippen LogP contribution in [0.3, 0.4) is 0 Å². The number of benzene rings is 2. The van der Waals surface area contributed by atoms with Gasteiger partial charge in [0.25, 0.3) is 0 Å². The number of hydrogen-bond acceptors (Lipinski definition) is 2. The van der Waals surface area contributed by atoms with Crippen LogP contribution in [0.1, 0.15) is 30.5 Å². The number of hydrogen-bond donors (Lipinski definition) is 2. The number of para-hydroxylation sites is 1. The Morgan fingerprint density at radius 2 is 1.60 bits per heavy atom. The van der Waals surface area contributed by atoms with Crippen molar-refractivity contribution in [2.24, 2.45) is 0 Å². The van der Waals surface area contributed by atoms with Crippen LogP contribution in [0.5, 0.6) is 0 Å². The van der Waals surface area contributed by atoms with Crippen LogP contribution in [0.25, 0.3) is 0 Å². The van der Waals surface area contributed by atoms with E-state index in [2.05, 4.69) is 10.6 Å². The summed E-state index contributed by atoms with van der Waals surface area (Å²) in [7, 11) is 0. The van der Waals surface area contributed by atoms with Crippen molar-refractivity contribution in [2.75, 3.05) is 17.2 Å². The van der Waals surface area contributed by atoms with Crippen LogP contribution in [0.15, 0.2) is 42.5 Å². The Morgan fingerprint density at radius 1 is 0.960 bits per heavy atom. The number of carbonyl (C=O) groups excluding carboxylic acids is 2. The van der Waals surface area contributed by atoms with Gasteiger partial charge >= 0.3 is 6.03 Å². The zero-order valence-corrected chi connectivity index (χ0v) is 15.2. The van der Waals surface area contributed by atoms with Gasteiger partial charge in [-0.1, -0.05) is 30.3 Å². The van der Waals surface area contributed by atoms with E-state index in [1.165, 1.54) is 0 Å². The van der Waals surface area contributed by atoms with E-state index < -0.39 is 0 Å². The predicted octanol–water partition coefficient (Wildman–Crippen LogP) is 4.32. The Hall–Kier alpha value is -2.82. The van der Waals surface area contributed by atoms with Crippen molar-refractivity contribution in [3.8, 4) is 0 Å². The molecule has 0 aliphatic rings. The highest BCUT2D eigenvalue weighted by Crippen LogP contribution is 2.20. The molecule has 0 saturated heterocycles. The van der Waals surface area contributed by atoms with Crippen molar-refractivity contribution in [3.63, 3.8) is 0 Å². The Kier molecular flexibility index (Phi) is 6.17. The molecule has 2 N–H and O–H groups in total. The summed E-state index contributed by atoms with van der Waals surface area (Å²) in [5, 5.41) is 5.77. The largest absolute Gasteiger partial charge is 0.339 e. The second kappa shape index (κ2) is 8.33. The first kappa shape index (κ1) is 18.5. The van der Waals surface area contributed by atoms with Crippen LogP contribution in [0, 0.1) is 13.8 Å². The molecule has 0 aromatic heterocycles. The molecule has 0 spiro atoms. The molecule has 0 atom stereocenters. The number of amides is 3.